The zero-order chi connectivity index (χ0) is 9.84. The molecule has 0 heterocycles. The number of alkyl halides is 1. The number of hydrogen-bond donors (Lipinski definition) is 1. The highest BCUT2D eigenvalue weighted by Crippen LogP contribution is 2.20. The Hall–Kier alpha value is -0.900. The minimum absolute atomic E-state index is 0.337. The van der Waals surface area contributed by atoms with E-state index in [9.17, 15) is 9.18 Å². The van der Waals surface area contributed by atoms with Gasteiger partial charge in [0.05, 0.1) is 5.92 Å². The topological polar surface area (TPSA) is 43.1 Å². The first-order chi connectivity index (χ1) is 6.16. The molecule has 0 spiro atoms. The molecule has 0 aromatic heterocycles. The second kappa shape index (κ2) is 4.37. The monoisotopic (exact) mass is 245 g/mol. The van der Waals surface area contributed by atoms with Crippen molar-refractivity contribution in [2.75, 3.05) is 5.33 Å². The molecule has 1 amide bonds. The lowest BCUT2D eigenvalue weighted by atomic mass is 10.0. The Bertz CT molecular complexity index is 316. The van der Waals surface area contributed by atoms with Crippen LogP contribution in [0.3, 0.4) is 0 Å². The molecule has 0 saturated carbocycles. The van der Waals surface area contributed by atoms with Gasteiger partial charge in [-0.25, -0.2) is 4.39 Å². The van der Waals surface area contributed by atoms with Crippen molar-refractivity contribution in [2.24, 2.45) is 5.73 Å². The Labute approximate surface area is 84.1 Å². The van der Waals surface area contributed by atoms with Crippen LogP contribution < -0.4 is 5.73 Å². The first kappa shape index (κ1) is 10.2. The molecule has 0 radical (unpaired) electrons. The van der Waals surface area contributed by atoms with Crippen LogP contribution in [0.4, 0.5) is 4.39 Å². The second-order valence-electron chi connectivity index (χ2n) is 2.63. The fraction of sp³-hybridized carbons (Fsp3) is 0.222. The van der Waals surface area contributed by atoms with Crippen LogP contribution in [-0.2, 0) is 4.79 Å². The second-order valence-corrected chi connectivity index (χ2v) is 3.28. The van der Waals surface area contributed by atoms with Crippen LogP contribution >= 0.6 is 15.9 Å². The van der Waals surface area contributed by atoms with E-state index in [0.29, 0.717) is 10.9 Å². The van der Waals surface area contributed by atoms with Crippen molar-refractivity contribution in [3.63, 3.8) is 0 Å². The van der Waals surface area contributed by atoms with Crippen molar-refractivity contribution in [1.29, 1.82) is 0 Å². The van der Waals surface area contributed by atoms with Crippen LogP contribution in [0, 0.1) is 5.82 Å². The van der Waals surface area contributed by atoms with Gasteiger partial charge in [-0.1, -0.05) is 34.1 Å². The highest BCUT2D eigenvalue weighted by molar-refractivity contribution is 9.09. The van der Waals surface area contributed by atoms with Crippen molar-refractivity contribution in [1.82, 2.24) is 0 Å². The molecule has 0 bridgehead atoms. The maximum absolute atomic E-state index is 13.2. The number of halogens is 2. The van der Waals surface area contributed by atoms with E-state index in [1.54, 1.807) is 18.2 Å². The van der Waals surface area contributed by atoms with Crippen molar-refractivity contribution >= 4 is 21.8 Å². The number of primary amides is 1. The first-order valence-electron chi connectivity index (χ1n) is 3.76. The lowest BCUT2D eigenvalue weighted by Crippen LogP contribution is -2.23. The van der Waals surface area contributed by atoms with Crippen molar-refractivity contribution < 1.29 is 9.18 Å². The quantitative estimate of drug-likeness (QED) is 0.811. The van der Waals surface area contributed by atoms with Gasteiger partial charge in [-0.2, -0.15) is 0 Å². The van der Waals surface area contributed by atoms with Gasteiger partial charge >= 0.3 is 0 Å². The lowest BCUT2D eigenvalue weighted by molar-refractivity contribution is -0.119. The summed E-state index contributed by atoms with van der Waals surface area (Å²) in [5.74, 6) is -1.52. The molecular formula is C9H9BrFNO. The molecule has 2 N–H and O–H groups in total. The van der Waals surface area contributed by atoms with Crippen LogP contribution in [0.2, 0.25) is 0 Å². The minimum Gasteiger partial charge on any atom is -0.369 e. The fourth-order valence-corrected chi connectivity index (χ4v) is 1.74. The summed E-state index contributed by atoms with van der Waals surface area (Å²) in [5.41, 5.74) is 5.45. The van der Waals surface area contributed by atoms with Gasteiger partial charge < -0.3 is 5.73 Å². The first-order valence-corrected chi connectivity index (χ1v) is 4.88. The Balaban J connectivity index is 3.04. The van der Waals surface area contributed by atoms with Gasteiger partial charge in [-0.15, -0.1) is 0 Å². The Kier molecular flexibility index (Phi) is 3.42. The Morgan fingerprint density at radius 3 is 2.62 bits per heavy atom. The molecular weight excluding hydrogens is 237 g/mol. The van der Waals surface area contributed by atoms with Crippen LogP contribution in [0.5, 0.6) is 0 Å². The highest BCUT2D eigenvalue weighted by atomic mass is 79.9. The molecule has 0 aliphatic rings. The lowest BCUT2D eigenvalue weighted by Gasteiger charge is -2.10. The Morgan fingerprint density at radius 1 is 1.54 bits per heavy atom. The number of nitrogens with two attached hydrogens (primary N) is 1. The van der Waals surface area contributed by atoms with E-state index >= 15 is 0 Å². The summed E-state index contributed by atoms with van der Waals surface area (Å²) < 4.78 is 13.2. The van der Waals surface area contributed by atoms with E-state index < -0.39 is 17.6 Å². The normalized spacial score (nSPS) is 12.5. The summed E-state index contributed by atoms with van der Waals surface area (Å²) in [6, 6.07) is 6.13. The molecule has 1 unspecified atom stereocenters. The highest BCUT2D eigenvalue weighted by Gasteiger charge is 2.19. The van der Waals surface area contributed by atoms with Gasteiger partial charge in [0.15, 0.2) is 0 Å². The van der Waals surface area contributed by atoms with Crippen LogP contribution in [0.25, 0.3) is 0 Å². The molecule has 2 nitrogen and oxygen atoms in total. The summed E-state index contributed by atoms with van der Waals surface area (Å²) in [5, 5.41) is 0.337. The third kappa shape index (κ3) is 2.28. The van der Waals surface area contributed by atoms with Gasteiger partial charge in [-0.05, 0) is 6.07 Å². The summed E-state index contributed by atoms with van der Waals surface area (Å²) in [4.78, 5) is 10.9. The van der Waals surface area contributed by atoms with Crippen LogP contribution in [-0.4, -0.2) is 11.2 Å². The molecule has 0 fully saturated rings. The Morgan fingerprint density at radius 2 is 2.15 bits per heavy atom. The molecule has 1 rings (SSSR count). The summed E-state index contributed by atoms with van der Waals surface area (Å²) in [6.45, 7) is 0. The zero-order valence-corrected chi connectivity index (χ0v) is 8.42. The fourth-order valence-electron chi connectivity index (χ4n) is 1.07. The summed E-state index contributed by atoms with van der Waals surface area (Å²) in [7, 11) is 0. The third-order valence-corrected chi connectivity index (χ3v) is 2.43. The summed E-state index contributed by atoms with van der Waals surface area (Å²) >= 11 is 3.12. The largest absolute Gasteiger partial charge is 0.369 e. The molecule has 0 aliphatic carbocycles. The maximum atomic E-state index is 13.2. The van der Waals surface area contributed by atoms with Gasteiger partial charge in [0, 0.05) is 10.9 Å². The third-order valence-electron chi connectivity index (χ3n) is 1.78. The SMILES string of the molecule is NC(=O)C(CBr)c1ccccc1F. The van der Waals surface area contributed by atoms with E-state index in [2.05, 4.69) is 15.9 Å². The smallest absolute Gasteiger partial charge is 0.225 e. The van der Waals surface area contributed by atoms with E-state index in [0.717, 1.165) is 0 Å². The van der Waals surface area contributed by atoms with Gasteiger partial charge in [-0.3, -0.25) is 4.79 Å². The molecule has 1 atom stereocenters. The van der Waals surface area contributed by atoms with Gasteiger partial charge in [0.1, 0.15) is 5.82 Å². The van der Waals surface area contributed by atoms with E-state index in [-0.39, 0.29) is 0 Å². The molecule has 1 aromatic carbocycles. The van der Waals surface area contributed by atoms with Gasteiger partial charge in [0.25, 0.3) is 0 Å². The number of hydrogen-bond acceptors (Lipinski definition) is 1. The molecule has 13 heavy (non-hydrogen) atoms. The summed E-state index contributed by atoms with van der Waals surface area (Å²) in [6.07, 6.45) is 0. The minimum atomic E-state index is -0.596. The molecule has 70 valence electrons. The average molecular weight is 246 g/mol. The standard InChI is InChI=1S/C9H9BrFNO/c10-5-7(9(12)13)6-3-1-2-4-8(6)11/h1-4,7H,5H2,(H2,12,13). The maximum Gasteiger partial charge on any atom is 0.225 e. The van der Waals surface area contributed by atoms with Crippen LogP contribution in [0.1, 0.15) is 11.5 Å². The van der Waals surface area contributed by atoms with E-state index in [1.165, 1.54) is 6.07 Å². The van der Waals surface area contributed by atoms with E-state index in [4.69, 9.17) is 5.73 Å². The molecule has 1 aromatic rings. The number of rotatable bonds is 3. The van der Waals surface area contributed by atoms with Crippen molar-refractivity contribution in [2.45, 2.75) is 5.92 Å². The molecule has 0 aliphatic heterocycles. The number of benzene rings is 1. The number of carbonyl (C=O) groups excluding carboxylic acids is 1. The van der Waals surface area contributed by atoms with Gasteiger partial charge in [0.2, 0.25) is 5.91 Å². The average Bonchev–Trinajstić information content (AvgIpc) is 2.09. The van der Waals surface area contributed by atoms with Crippen LogP contribution in [0.15, 0.2) is 24.3 Å². The molecule has 4 heteroatoms. The van der Waals surface area contributed by atoms with E-state index in [1.807, 2.05) is 0 Å². The van der Waals surface area contributed by atoms with Crippen molar-refractivity contribution in [3.05, 3.63) is 35.6 Å². The molecule has 0 saturated heterocycles. The predicted octanol–water partition coefficient (Wildman–Crippen LogP) is 1.79. The van der Waals surface area contributed by atoms with Crippen molar-refractivity contribution in [3.8, 4) is 0 Å². The zero-order valence-electron chi connectivity index (χ0n) is 6.84. The number of carbonyl (C=O) groups is 1. The predicted molar refractivity (Wildman–Crippen MR) is 52.1 cm³/mol. The number of amides is 1.